The Balaban J connectivity index is 2.00. The van der Waals surface area contributed by atoms with Crippen molar-refractivity contribution in [2.24, 2.45) is 0 Å². The fraction of sp³-hybridized carbons (Fsp3) is 0.217. The molecule has 0 unspecified atom stereocenters. The molecule has 3 heteroatoms. The van der Waals surface area contributed by atoms with Gasteiger partial charge in [-0.25, -0.2) is 0 Å². The molecule has 1 aromatic heterocycles. The van der Waals surface area contributed by atoms with Gasteiger partial charge in [0, 0.05) is 16.6 Å². The third-order valence-corrected chi connectivity index (χ3v) is 4.57. The first-order chi connectivity index (χ1) is 12.3. The summed E-state index contributed by atoms with van der Waals surface area (Å²) in [5.74, 6) is -0.248. The van der Waals surface area contributed by atoms with Crippen molar-refractivity contribution in [2.75, 3.05) is 0 Å². The van der Waals surface area contributed by atoms with E-state index in [9.17, 15) is 10.1 Å². The van der Waals surface area contributed by atoms with E-state index in [1.165, 1.54) is 5.56 Å². The van der Waals surface area contributed by atoms with Gasteiger partial charge >= 0.3 is 0 Å². The van der Waals surface area contributed by atoms with Crippen molar-refractivity contribution >= 4 is 22.8 Å². The number of carbonyl (C=O) groups is 1. The van der Waals surface area contributed by atoms with E-state index in [0.717, 1.165) is 22.2 Å². The Morgan fingerprint density at radius 2 is 1.73 bits per heavy atom. The summed E-state index contributed by atoms with van der Waals surface area (Å²) < 4.78 is 0. The average molecular weight is 342 g/mol. The molecule has 0 spiro atoms. The minimum atomic E-state index is -0.248. The van der Waals surface area contributed by atoms with Gasteiger partial charge in [0.2, 0.25) is 5.78 Å². The van der Waals surface area contributed by atoms with Crippen molar-refractivity contribution in [1.82, 2.24) is 4.98 Å². The number of para-hydroxylation sites is 1. The molecule has 0 amide bonds. The van der Waals surface area contributed by atoms with E-state index in [4.69, 9.17) is 0 Å². The number of H-pyrrole nitrogens is 1. The molecule has 0 fully saturated rings. The van der Waals surface area contributed by atoms with Gasteiger partial charge in [0.1, 0.15) is 11.6 Å². The van der Waals surface area contributed by atoms with Crippen molar-refractivity contribution in [1.29, 1.82) is 5.26 Å². The number of aryl methyl sites for hydroxylation is 1. The van der Waals surface area contributed by atoms with Crippen LogP contribution in [-0.4, -0.2) is 10.8 Å². The summed E-state index contributed by atoms with van der Waals surface area (Å²) in [4.78, 5) is 16.2. The van der Waals surface area contributed by atoms with E-state index >= 15 is 0 Å². The van der Waals surface area contributed by atoms with Gasteiger partial charge in [-0.1, -0.05) is 63.2 Å². The molecule has 1 N–H and O–H groups in total. The van der Waals surface area contributed by atoms with Crippen LogP contribution in [0.15, 0.2) is 54.1 Å². The van der Waals surface area contributed by atoms with Crippen LogP contribution in [0.25, 0.3) is 17.0 Å². The summed E-state index contributed by atoms with van der Waals surface area (Å²) >= 11 is 0. The minimum absolute atomic E-state index is 0.0667. The molecule has 0 aliphatic rings. The highest BCUT2D eigenvalue weighted by Gasteiger charge is 2.20. The number of fused-ring (bicyclic) bond motifs is 1. The molecular weight excluding hydrogens is 320 g/mol. The van der Waals surface area contributed by atoms with E-state index < -0.39 is 0 Å². The molecule has 130 valence electrons. The number of benzene rings is 2. The largest absolute Gasteiger partial charge is 0.358 e. The monoisotopic (exact) mass is 342 g/mol. The summed E-state index contributed by atoms with van der Waals surface area (Å²) in [7, 11) is 0. The van der Waals surface area contributed by atoms with E-state index in [1.54, 1.807) is 6.08 Å². The number of allylic oxidation sites excluding steroid dienone is 1. The molecule has 0 atom stereocenters. The zero-order chi connectivity index (χ0) is 18.9. The van der Waals surface area contributed by atoms with Crippen LogP contribution in [0, 0.1) is 18.3 Å². The highest BCUT2D eigenvalue weighted by Crippen LogP contribution is 2.26. The van der Waals surface area contributed by atoms with Gasteiger partial charge in [-0.05, 0) is 35.6 Å². The van der Waals surface area contributed by atoms with Gasteiger partial charge in [-0.2, -0.15) is 5.26 Å². The lowest BCUT2D eigenvalue weighted by molar-refractivity contribution is 0.104. The average Bonchev–Trinajstić information content (AvgIpc) is 2.94. The Bertz CT molecular complexity index is 1040. The van der Waals surface area contributed by atoms with Crippen molar-refractivity contribution in [3.63, 3.8) is 0 Å². The fourth-order valence-electron chi connectivity index (χ4n) is 3.10. The number of aromatic nitrogens is 1. The van der Waals surface area contributed by atoms with E-state index in [-0.39, 0.29) is 16.8 Å². The second kappa shape index (κ2) is 6.65. The first kappa shape index (κ1) is 17.7. The van der Waals surface area contributed by atoms with Crippen LogP contribution >= 0.6 is 0 Å². The Kier molecular flexibility index (Phi) is 4.52. The lowest BCUT2D eigenvalue weighted by Gasteiger charge is -2.18. The van der Waals surface area contributed by atoms with Crippen LogP contribution < -0.4 is 0 Å². The van der Waals surface area contributed by atoms with Gasteiger partial charge in [0.15, 0.2) is 0 Å². The van der Waals surface area contributed by atoms with E-state index in [1.807, 2.05) is 55.5 Å². The van der Waals surface area contributed by atoms with E-state index in [0.29, 0.717) is 5.56 Å². The van der Waals surface area contributed by atoms with Crippen molar-refractivity contribution in [3.05, 3.63) is 76.5 Å². The van der Waals surface area contributed by atoms with Crippen molar-refractivity contribution < 1.29 is 4.79 Å². The number of rotatable bonds is 3. The molecule has 0 saturated carbocycles. The lowest BCUT2D eigenvalue weighted by atomic mass is 9.86. The highest BCUT2D eigenvalue weighted by molar-refractivity contribution is 6.20. The van der Waals surface area contributed by atoms with Gasteiger partial charge in [0.05, 0.1) is 5.56 Å². The molecule has 0 bridgehead atoms. The third-order valence-electron chi connectivity index (χ3n) is 4.57. The minimum Gasteiger partial charge on any atom is -0.358 e. The molecule has 2 aromatic carbocycles. The number of hydrogen-bond donors (Lipinski definition) is 1. The first-order valence-electron chi connectivity index (χ1n) is 8.65. The Morgan fingerprint density at radius 3 is 2.35 bits per heavy atom. The Labute approximate surface area is 154 Å². The molecule has 3 aromatic rings. The quantitative estimate of drug-likeness (QED) is 0.385. The van der Waals surface area contributed by atoms with Gasteiger partial charge in [0.25, 0.3) is 0 Å². The molecule has 0 aliphatic carbocycles. The van der Waals surface area contributed by atoms with Crippen LogP contribution in [0.4, 0.5) is 0 Å². The summed E-state index contributed by atoms with van der Waals surface area (Å²) in [6, 6.07) is 17.7. The van der Waals surface area contributed by atoms with Gasteiger partial charge in [-0.3, -0.25) is 4.79 Å². The third kappa shape index (κ3) is 3.32. The number of Topliss-reactive ketones (excluding diaryl/α,β-unsaturated/α-hetero) is 1. The van der Waals surface area contributed by atoms with Crippen LogP contribution in [0.2, 0.25) is 0 Å². The predicted molar refractivity (Wildman–Crippen MR) is 106 cm³/mol. The number of nitrogens with zero attached hydrogens (tertiary/aromatic N) is 1. The predicted octanol–water partition coefficient (Wildman–Crippen LogP) is 5.56. The summed E-state index contributed by atoms with van der Waals surface area (Å²) in [6.45, 7) is 8.33. The summed E-state index contributed by atoms with van der Waals surface area (Å²) in [5, 5.41) is 10.4. The van der Waals surface area contributed by atoms with Crippen molar-refractivity contribution in [2.45, 2.75) is 33.1 Å². The second-order valence-corrected chi connectivity index (χ2v) is 7.54. The maximum atomic E-state index is 13.0. The molecule has 3 rings (SSSR count). The van der Waals surface area contributed by atoms with Gasteiger partial charge < -0.3 is 4.98 Å². The zero-order valence-corrected chi connectivity index (χ0v) is 15.6. The maximum Gasteiger partial charge on any atom is 0.205 e. The molecule has 0 aliphatic heterocycles. The highest BCUT2D eigenvalue weighted by atomic mass is 16.1. The topological polar surface area (TPSA) is 56.6 Å². The molecule has 1 heterocycles. The van der Waals surface area contributed by atoms with Crippen LogP contribution in [0.1, 0.15) is 48.0 Å². The molecular formula is C23H22N2O. The van der Waals surface area contributed by atoms with Crippen molar-refractivity contribution in [3.8, 4) is 6.07 Å². The fourth-order valence-corrected chi connectivity index (χ4v) is 3.10. The SMILES string of the molecule is Cc1[nH]c2ccccc2c1C(=O)/C(C#N)=C/c1ccc(C(C)(C)C)cc1. The number of hydrogen-bond acceptors (Lipinski definition) is 2. The number of nitriles is 1. The van der Waals surface area contributed by atoms with Crippen LogP contribution in [0.5, 0.6) is 0 Å². The number of ketones is 1. The first-order valence-corrected chi connectivity index (χ1v) is 8.65. The van der Waals surface area contributed by atoms with Gasteiger partial charge in [-0.15, -0.1) is 0 Å². The van der Waals surface area contributed by atoms with E-state index in [2.05, 4.69) is 31.8 Å². The summed E-state index contributed by atoms with van der Waals surface area (Å²) in [6.07, 6.45) is 1.66. The summed E-state index contributed by atoms with van der Waals surface area (Å²) in [5.41, 5.74) is 4.52. The zero-order valence-electron chi connectivity index (χ0n) is 15.6. The molecule has 3 nitrogen and oxygen atoms in total. The Morgan fingerprint density at radius 1 is 1.08 bits per heavy atom. The maximum absolute atomic E-state index is 13.0. The molecule has 0 saturated heterocycles. The smallest absolute Gasteiger partial charge is 0.205 e. The molecule has 0 radical (unpaired) electrons. The number of carbonyl (C=O) groups excluding carboxylic acids is 1. The second-order valence-electron chi connectivity index (χ2n) is 7.54. The lowest BCUT2D eigenvalue weighted by Crippen LogP contribution is -2.10. The number of aromatic amines is 1. The van der Waals surface area contributed by atoms with Crippen LogP contribution in [0.3, 0.4) is 0 Å². The molecule has 26 heavy (non-hydrogen) atoms. The number of nitrogens with one attached hydrogen (secondary N) is 1. The van der Waals surface area contributed by atoms with Crippen LogP contribution in [-0.2, 0) is 5.41 Å². The normalized spacial score (nSPS) is 12.2. The standard InChI is InChI=1S/C23H22N2O/c1-15-21(19-7-5-6-8-20(19)25-15)22(26)17(14-24)13-16-9-11-18(12-10-16)23(2,3)4/h5-13,25H,1-4H3/b17-13+. The Hall–Kier alpha value is -3.12.